The molecule has 2 aromatic heterocycles. The molecule has 2 heterocycles. The van der Waals surface area contributed by atoms with Crippen molar-refractivity contribution < 1.29 is 5.11 Å². The molecule has 0 amide bonds. The third-order valence-electron chi connectivity index (χ3n) is 6.98. The van der Waals surface area contributed by atoms with Gasteiger partial charge in [-0.15, -0.1) is 0 Å². The lowest BCUT2D eigenvalue weighted by atomic mass is 9.92. The molecule has 2 fully saturated rings. The molecule has 9 heteroatoms. The Kier molecular flexibility index (Phi) is 6.55. The second-order valence-electron chi connectivity index (χ2n) is 9.39. The van der Waals surface area contributed by atoms with Crippen molar-refractivity contribution in [2.45, 2.75) is 82.5 Å². The predicted molar refractivity (Wildman–Crippen MR) is 132 cm³/mol. The van der Waals surface area contributed by atoms with Gasteiger partial charge in [-0.2, -0.15) is 9.97 Å². The first kappa shape index (κ1) is 22.2. The molecule has 0 bridgehead atoms. The third-order valence-corrected chi connectivity index (χ3v) is 7.22. The molecular formula is C24H32ClN7O. The Morgan fingerprint density at radius 2 is 1.85 bits per heavy atom. The quantitative estimate of drug-likeness (QED) is 0.402. The number of benzene rings is 1. The number of nitrogens with two attached hydrogens (primary N) is 1. The number of aromatic hydroxyl groups is 1. The zero-order valence-electron chi connectivity index (χ0n) is 18.8. The molecule has 0 radical (unpaired) electrons. The molecule has 3 aromatic rings. The molecule has 8 nitrogen and oxygen atoms in total. The monoisotopic (exact) mass is 469 g/mol. The number of fused-ring (bicyclic) bond motifs is 1. The van der Waals surface area contributed by atoms with E-state index in [0.29, 0.717) is 47.0 Å². The zero-order valence-corrected chi connectivity index (χ0v) is 19.6. The number of rotatable bonds is 6. The minimum absolute atomic E-state index is 0.196. The SMILES string of the molecule is NC1CCC(Nc2nc(NCc3cc(Cl)ccc3O)c3ncn(C4CCCCC4)c3n2)CC1. The number of phenols is 1. The van der Waals surface area contributed by atoms with E-state index in [1.54, 1.807) is 18.2 Å². The third kappa shape index (κ3) is 5.01. The molecule has 0 spiro atoms. The maximum absolute atomic E-state index is 10.2. The Hall–Kier alpha value is -2.58. The van der Waals surface area contributed by atoms with E-state index in [0.717, 1.165) is 49.7 Å². The predicted octanol–water partition coefficient (Wildman–Crippen LogP) is 4.98. The minimum Gasteiger partial charge on any atom is -0.508 e. The number of anilines is 2. The van der Waals surface area contributed by atoms with E-state index in [9.17, 15) is 5.11 Å². The lowest BCUT2D eigenvalue weighted by Gasteiger charge is -2.27. The minimum atomic E-state index is 0.196. The number of hydrogen-bond acceptors (Lipinski definition) is 7. The summed E-state index contributed by atoms with van der Waals surface area (Å²) in [4.78, 5) is 14.4. The van der Waals surface area contributed by atoms with Gasteiger partial charge in [0, 0.05) is 35.3 Å². The van der Waals surface area contributed by atoms with Crippen molar-refractivity contribution in [2.75, 3.05) is 10.6 Å². The number of phenolic OH excluding ortho intramolecular Hbond substituents is 1. The van der Waals surface area contributed by atoms with E-state index in [1.807, 2.05) is 6.33 Å². The van der Waals surface area contributed by atoms with Gasteiger partial charge in [-0.3, -0.25) is 0 Å². The van der Waals surface area contributed by atoms with Gasteiger partial charge >= 0.3 is 0 Å². The average Bonchev–Trinajstić information content (AvgIpc) is 3.26. The summed E-state index contributed by atoms with van der Waals surface area (Å²) in [5.41, 5.74) is 8.39. The zero-order chi connectivity index (χ0) is 22.8. The van der Waals surface area contributed by atoms with Crippen molar-refractivity contribution in [1.29, 1.82) is 0 Å². The van der Waals surface area contributed by atoms with Gasteiger partial charge < -0.3 is 26.0 Å². The maximum Gasteiger partial charge on any atom is 0.227 e. The summed E-state index contributed by atoms with van der Waals surface area (Å²) in [6.07, 6.45) is 12.0. The number of hydrogen-bond donors (Lipinski definition) is 4. The fourth-order valence-electron chi connectivity index (χ4n) is 5.05. The van der Waals surface area contributed by atoms with Crippen LogP contribution < -0.4 is 16.4 Å². The first-order valence-corrected chi connectivity index (χ1v) is 12.4. The molecule has 0 aliphatic heterocycles. The highest BCUT2D eigenvalue weighted by Crippen LogP contribution is 2.33. The molecule has 0 atom stereocenters. The van der Waals surface area contributed by atoms with Crippen LogP contribution in [0.15, 0.2) is 24.5 Å². The molecular weight excluding hydrogens is 438 g/mol. The van der Waals surface area contributed by atoms with E-state index in [2.05, 4.69) is 20.2 Å². The smallest absolute Gasteiger partial charge is 0.227 e. The normalized spacial score (nSPS) is 21.9. The summed E-state index contributed by atoms with van der Waals surface area (Å²) in [7, 11) is 0. The number of halogens is 1. The van der Waals surface area contributed by atoms with Crippen molar-refractivity contribution in [2.24, 2.45) is 5.73 Å². The van der Waals surface area contributed by atoms with Gasteiger partial charge in [0.25, 0.3) is 0 Å². The average molecular weight is 470 g/mol. The number of nitrogens with zero attached hydrogens (tertiary/aromatic N) is 4. The van der Waals surface area contributed by atoms with Crippen LogP contribution in [0.2, 0.25) is 5.02 Å². The molecule has 176 valence electrons. The second-order valence-corrected chi connectivity index (χ2v) is 9.83. The summed E-state index contributed by atoms with van der Waals surface area (Å²) < 4.78 is 2.22. The van der Waals surface area contributed by atoms with Crippen LogP contribution in [0.5, 0.6) is 5.75 Å². The molecule has 5 rings (SSSR count). The first-order valence-electron chi connectivity index (χ1n) is 12.0. The van der Waals surface area contributed by atoms with Crippen LogP contribution in [-0.2, 0) is 6.54 Å². The molecule has 33 heavy (non-hydrogen) atoms. The Balaban J connectivity index is 1.46. The van der Waals surface area contributed by atoms with Crippen LogP contribution in [0.25, 0.3) is 11.2 Å². The fourth-order valence-corrected chi connectivity index (χ4v) is 5.25. The van der Waals surface area contributed by atoms with Crippen molar-refractivity contribution in [3.63, 3.8) is 0 Å². The van der Waals surface area contributed by atoms with E-state index >= 15 is 0 Å². The molecule has 2 aliphatic rings. The topological polar surface area (TPSA) is 114 Å². The maximum atomic E-state index is 10.2. The number of aromatic nitrogens is 4. The summed E-state index contributed by atoms with van der Waals surface area (Å²) in [5.74, 6) is 1.46. The van der Waals surface area contributed by atoms with Crippen LogP contribution in [0.1, 0.15) is 69.4 Å². The van der Waals surface area contributed by atoms with Crippen LogP contribution in [-0.4, -0.2) is 36.7 Å². The van der Waals surface area contributed by atoms with Gasteiger partial charge in [0.1, 0.15) is 5.75 Å². The summed E-state index contributed by atoms with van der Waals surface area (Å²) in [6.45, 7) is 0.381. The van der Waals surface area contributed by atoms with Gasteiger partial charge in [-0.1, -0.05) is 30.9 Å². The van der Waals surface area contributed by atoms with Crippen LogP contribution >= 0.6 is 11.6 Å². The van der Waals surface area contributed by atoms with Gasteiger partial charge in [0.2, 0.25) is 5.95 Å². The Labute approximate surface area is 199 Å². The van der Waals surface area contributed by atoms with Crippen molar-refractivity contribution >= 4 is 34.5 Å². The van der Waals surface area contributed by atoms with Gasteiger partial charge in [0.05, 0.1) is 6.33 Å². The van der Waals surface area contributed by atoms with Crippen LogP contribution in [0.4, 0.5) is 11.8 Å². The lowest BCUT2D eigenvalue weighted by molar-refractivity contribution is 0.358. The number of nitrogens with one attached hydrogen (secondary N) is 2. The summed E-state index contributed by atoms with van der Waals surface area (Å²) in [5, 5.41) is 17.7. The lowest BCUT2D eigenvalue weighted by Crippen LogP contribution is -2.33. The van der Waals surface area contributed by atoms with Crippen LogP contribution in [0.3, 0.4) is 0 Å². The second kappa shape index (κ2) is 9.73. The Morgan fingerprint density at radius 1 is 1.06 bits per heavy atom. The highest BCUT2D eigenvalue weighted by molar-refractivity contribution is 6.30. The van der Waals surface area contributed by atoms with E-state index < -0.39 is 0 Å². The molecule has 5 N–H and O–H groups in total. The van der Waals surface area contributed by atoms with Gasteiger partial charge in [-0.05, 0) is 56.7 Å². The van der Waals surface area contributed by atoms with Crippen molar-refractivity contribution in [3.05, 3.63) is 35.1 Å². The van der Waals surface area contributed by atoms with Gasteiger partial charge in [-0.25, -0.2) is 4.98 Å². The van der Waals surface area contributed by atoms with E-state index in [1.165, 1.54) is 19.3 Å². The highest BCUT2D eigenvalue weighted by atomic mass is 35.5. The molecule has 0 saturated heterocycles. The molecule has 1 aromatic carbocycles. The van der Waals surface area contributed by atoms with E-state index in [4.69, 9.17) is 27.3 Å². The summed E-state index contributed by atoms with van der Waals surface area (Å²) in [6, 6.07) is 6.07. The Bertz CT molecular complexity index is 1100. The standard InChI is InChI=1S/C24H32ClN7O/c25-16-6-11-20(33)15(12-16)13-27-22-21-23(32(14-28-21)19-4-2-1-3-5-19)31-24(30-22)29-18-9-7-17(26)8-10-18/h6,11-12,14,17-19,33H,1-5,7-10,13,26H2,(H2,27,29,30,31). The van der Waals surface area contributed by atoms with Crippen molar-refractivity contribution in [1.82, 2.24) is 19.5 Å². The van der Waals surface area contributed by atoms with Crippen LogP contribution in [0, 0.1) is 0 Å². The van der Waals surface area contributed by atoms with Crippen molar-refractivity contribution in [3.8, 4) is 5.75 Å². The van der Waals surface area contributed by atoms with Gasteiger partial charge in [0.15, 0.2) is 17.0 Å². The first-order chi connectivity index (χ1) is 16.1. The summed E-state index contributed by atoms with van der Waals surface area (Å²) >= 11 is 6.13. The Morgan fingerprint density at radius 3 is 2.64 bits per heavy atom. The fraction of sp³-hybridized carbons (Fsp3) is 0.542. The molecule has 2 aliphatic carbocycles. The number of imidazole rings is 1. The highest BCUT2D eigenvalue weighted by Gasteiger charge is 2.23. The molecule has 0 unspecified atom stereocenters. The largest absolute Gasteiger partial charge is 0.508 e. The van der Waals surface area contributed by atoms with E-state index in [-0.39, 0.29) is 5.75 Å². The molecule has 2 saturated carbocycles.